The molecule has 2 aromatic rings. The number of aromatic nitrogens is 1. The summed E-state index contributed by atoms with van der Waals surface area (Å²) in [5.41, 5.74) is 2.62. The summed E-state index contributed by atoms with van der Waals surface area (Å²) in [6, 6.07) is 9.65. The molecule has 2 rings (SSSR count). The van der Waals surface area contributed by atoms with Crippen LogP contribution in [0.25, 0.3) is 10.9 Å². The zero-order chi connectivity index (χ0) is 12.4. The first-order valence-corrected chi connectivity index (χ1v) is 6.40. The van der Waals surface area contributed by atoms with E-state index in [1.807, 2.05) is 0 Å². The summed E-state index contributed by atoms with van der Waals surface area (Å²) in [7, 11) is 0. The van der Waals surface area contributed by atoms with Gasteiger partial charge in [0, 0.05) is 35.7 Å². The van der Waals surface area contributed by atoms with Crippen LogP contribution in [0.15, 0.2) is 30.5 Å². The second kappa shape index (κ2) is 4.92. The molecule has 1 aromatic heterocycles. The first-order chi connectivity index (χ1) is 8.09. The van der Waals surface area contributed by atoms with Gasteiger partial charge in [-0.05, 0) is 39.3 Å². The second-order valence-electron chi connectivity index (χ2n) is 5.22. The Morgan fingerprint density at radius 2 is 1.71 bits per heavy atom. The van der Waals surface area contributed by atoms with E-state index in [1.54, 1.807) is 0 Å². The largest absolute Gasteiger partial charge is 0.361 e. The summed E-state index contributed by atoms with van der Waals surface area (Å²) in [5.74, 6) is 0. The topological polar surface area (TPSA) is 19.0 Å². The van der Waals surface area contributed by atoms with Gasteiger partial charge in [-0.1, -0.05) is 18.2 Å². The Kier molecular flexibility index (Phi) is 3.53. The highest BCUT2D eigenvalue weighted by Gasteiger charge is 2.15. The van der Waals surface area contributed by atoms with Gasteiger partial charge in [-0.3, -0.25) is 4.90 Å². The van der Waals surface area contributed by atoms with Crippen LogP contribution in [0.5, 0.6) is 0 Å². The lowest BCUT2D eigenvalue weighted by molar-refractivity contribution is 0.166. The second-order valence-corrected chi connectivity index (χ2v) is 5.22. The van der Waals surface area contributed by atoms with E-state index in [2.05, 4.69) is 68.0 Å². The predicted molar refractivity (Wildman–Crippen MR) is 74.1 cm³/mol. The van der Waals surface area contributed by atoms with E-state index < -0.39 is 0 Å². The molecule has 2 heteroatoms. The molecule has 0 amide bonds. The van der Waals surface area contributed by atoms with Gasteiger partial charge >= 0.3 is 0 Å². The van der Waals surface area contributed by atoms with Gasteiger partial charge in [-0.2, -0.15) is 0 Å². The summed E-state index contributed by atoms with van der Waals surface area (Å²) in [6.07, 6.45) is 2.14. The van der Waals surface area contributed by atoms with E-state index in [4.69, 9.17) is 0 Å². The number of benzene rings is 1. The van der Waals surface area contributed by atoms with Crippen LogP contribution >= 0.6 is 0 Å². The molecule has 17 heavy (non-hydrogen) atoms. The average Bonchev–Trinajstić information content (AvgIpc) is 2.68. The van der Waals surface area contributed by atoms with Crippen molar-refractivity contribution in [2.75, 3.05) is 0 Å². The van der Waals surface area contributed by atoms with Crippen molar-refractivity contribution in [2.24, 2.45) is 0 Å². The van der Waals surface area contributed by atoms with Crippen LogP contribution in [0.1, 0.15) is 33.3 Å². The number of hydrogen-bond donors (Lipinski definition) is 1. The monoisotopic (exact) mass is 230 g/mol. The quantitative estimate of drug-likeness (QED) is 0.846. The molecule has 0 saturated heterocycles. The van der Waals surface area contributed by atoms with Crippen molar-refractivity contribution in [3.63, 3.8) is 0 Å². The van der Waals surface area contributed by atoms with Gasteiger partial charge in [0.2, 0.25) is 0 Å². The van der Waals surface area contributed by atoms with Gasteiger partial charge in [0.1, 0.15) is 0 Å². The number of para-hydroxylation sites is 1. The summed E-state index contributed by atoms with van der Waals surface area (Å²) in [5, 5.41) is 1.35. The fraction of sp³-hybridized carbons (Fsp3) is 0.467. The summed E-state index contributed by atoms with van der Waals surface area (Å²) < 4.78 is 0. The number of H-pyrrole nitrogens is 1. The lowest BCUT2D eigenvalue weighted by atomic mass is 10.1. The molecule has 1 heterocycles. The Hall–Kier alpha value is -1.28. The van der Waals surface area contributed by atoms with E-state index >= 15 is 0 Å². The van der Waals surface area contributed by atoms with Crippen molar-refractivity contribution >= 4 is 10.9 Å². The molecule has 0 radical (unpaired) electrons. The molecular formula is C15H22N2. The molecule has 0 aliphatic carbocycles. The third-order valence-electron chi connectivity index (χ3n) is 3.35. The minimum atomic E-state index is 0.573. The van der Waals surface area contributed by atoms with Crippen LogP contribution in [0.4, 0.5) is 0 Å². The highest BCUT2D eigenvalue weighted by atomic mass is 15.2. The maximum absolute atomic E-state index is 3.34. The zero-order valence-corrected chi connectivity index (χ0v) is 11.2. The summed E-state index contributed by atoms with van der Waals surface area (Å²) >= 11 is 0. The van der Waals surface area contributed by atoms with E-state index in [-0.39, 0.29) is 0 Å². The van der Waals surface area contributed by atoms with Crippen LogP contribution in [0.2, 0.25) is 0 Å². The Morgan fingerprint density at radius 3 is 2.35 bits per heavy atom. The fourth-order valence-corrected chi connectivity index (χ4v) is 2.42. The van der Waals surface area contributed by atoms with Crippen molar-refractivity contribution in [3.05, 3.63) is 36.0 Å². The van der Waals surface area contributed by atoms with E-state index in [0.29, 0.717) is 12.1 Å². The van der Waals surface area contributed by atoms with Gasteiger partial charge in [-0.25, -0.2) is 0 Å². The van der Waals surface area contributed by atoms with Crippen LogP contribution in [-0.2, 0) is 6.54 Å². The molecule has 1 N–H and O–H groups in total. The molecule has 0 aliphatic heterocycles. The first-order valence-electron chi connectivity index (χ1n) is 6.40. The molecule has 1 aromatic carbocycles. The van der Waals surface area contributed by atoms with Crippen LogP contribution in [0.3, 0.4) is 0 Å². The van der Waals surface area contributed by atoms with Crippen molar-refractivity contribution in [3.8, 4) is 0 Å². The van der Waals surface area contributed by atoms with Gasteiger partial charge in [0.25, 0.3) is 0 Å². The number of fused-ring (bicyclic) bond motifs is 1. The zero-order valence-electron chi connectivity index (χ0n) is 11.2. The van der Waals surface area contributed by atoms with Crippen LogP contribution in [0, 0.1) is 0 Å². The third kappa shape index (κ3) is 2.52. The highest BCUT2D eigenvalue weighted by molar-refractivity contribution is 5.82. The lowest BCUT2D eigenvalue weighted by Gasteiger charge is -2.30. The predicted octanol–water partition coefficient (Wildman–Crippen LogP) is 3.79. The van der Waals surface area contributed by atoms with Gasteiger partial charge < -0.3 is 4.98 Å². The SMILES string of the molecule is CC(C)N(Cc1c[nH]c2ccccc12)C(C)C. The van der Waals surface area contributed by atoms with E-state index in [0.717, 1.165) is 6.54 Å². The molecule has 0 spiro atoms. The van der Waals surface area contributed by atoms with Crippen molar-refractivity contribution in [1.29, 1.82) is 0 Å². The van der Waals surface area contributed by atoms with Gasteiger partial charge in [-0.15, -0.1) is 0 Å². The summed E-state index contributed by atoms with van der Waals surface area (Å²) in [4.78, 5) is 5.85. The van der Waals surface area contributed by atoms with E-state index in [9.17, 15) is 0 Å². The average molecular weight is 230 g/mol. The Balaban J connectivity index is 2.28. The molecule has 0 aliphatic rings. The Labute approximate surface area is 104 Å². The fourth-order valence-electron chi connectivity index (χ4n) is 2.42. The van der Waals surface area contributed by atoms with Crippen molar-refractivity contribution in [2.45, 2.75) is 46.3 Å². The number of nitrogens with zero attached hydrogens (tertiary/aromatic N) is 1. The van der Waals surface area contributed by atoms with E-state index in [1.165, 1.54) is 16.5 Å². The maximum atomic E-state index is 3.34. The summed E-state index contributed by atoms with van der Waals surface area (Å²) in [6.45, 7) is 10.0. The number of aromatic amines is 1. The van der Waals surface area contributed by atoms with Crippen LogP contribution < -0.4 is 0 Å². The molecule has 0 saturated carbocycles. The minimum absolute atomic E-state index is 0.573. The molecular weight excluding hydrogens is 208 g/mol. The van der Waals surface area contributed by atoms with Crippen molar-refractivity contribution < 1.29 is 0 Å². The molecule has 92 valence electrons. The Morgan fingerprint density at radius 1 is 1.06 bits per heavy atom. The van der Waals surface area contributed by atoms with Crippen LogP contribution in [-0.4, -0.2) is 22.0 Å². The number of hydrogen-bond acceptors (Lipinski definition) is 1. The third-order valence-corrected chi connectivity index (χ3v) is 3.35. The minimum Gasteiger partial charge on any atom is -0.361 e. The first kappa shape index (κ1) is 12.2. The smallest absolute Gasteiger partial charge is 0.0457 e. The molecule has 0 unspecified atom stereocenters. The maximum Gasteiger partial charge on any atom is 0.0457 e. The van der Waals surface area contributed by atoms with Gasteiger partial charge in [0.05, 0.1) is 0 Å². The molecule has 2 nitrogen and oxygen atoms in total. The normalized spacial score (nSPS) is 12.2. The van der Waals surface area contributed by atoms with Crippen molar-refractivity contribution in [1.82, 2.24) is 9.88 Å². The molecule has 0 atom stereocenters. The highest BCUT2D eigenvalue weighted by Crippen LogP contribution is 2.21. The molecule has 0 bridgehead atoms. The number of nitrogens with one attached hydrogen (secondary N) is 1. The molecule has 0 fully saturated rings. The van der Waals surface area contributed by atoms with Gasteiger partial charge in [0.15, 0.2) is 0 Å². The number of rotatable bonds is 4. The standard InChI is InChI=1S/C15H22N2/c1-11(2)17(12(3)4)10-13-9-16-15-8-6-5-7-14(13)15/h5-9,11-12,16H,10H2,1-4H3. The lowest BCUT2D eigenvalue weighted by Crippen LogP contribution is -2.36. The Bertz CT molecular complexity index is 474.